The number of carbonyl (C=O) groups excluding carboxylic acids is 3. The molecular formula is C19H23N3O5. The zero-order valence-corrected chi connectivity index (χ0v) is 15.7. The summed E-state index contributed by atoms with van der Waals surface area (Å²) in [4.78, 5) is 40.6. The lowest BCUT2D eigenvalue weighted by atomic mass is 9.95. The maximum atomic E-state index is 12.8. The van der Waals surface area contributed by atoms with Crippen LogP contribution in [0.3, 0.4) is 0 Å². The molecule has 0 bridgehead atoms. The predicted molar refractivity (Wildman–Crippen MR) is 96.9 cm³/mol. The first-order valence-electron chi connectivity index (χ1n) is 8.90. The highest BCUT2D eigenvalue weighted by Crippen LogP contribution is 2.38. The Morgan fingerprint density at radius 3 is 2.67 bits per heavy atom. The summed E-state index contributed by atoms with van der Waals surface area (Å²) in [5.41, 5.74) is 1.43. The van der Waals surface area contributed by atoms with Gasteiger partial charge in [0.1, 0.15) is 18.9 Å². The molecule has 8 heteroatoms. The van der Waals surface area contributed by atoms with Crippen LogP contribution >= 0.6 is 0 Å². The van der Waals surface area contributed by atoms with E-state index >= 15 is 0 Å². The van der Waals surface area contributed by atoms with E-state index in [2.05, 4.69) is 5.32 Å². The van der Waals surface area contributed by atoms with Gasteiger partial charge in [0.15, 0.2) is 0 Å². The van der Waals surface area contributed by atoms with Gasteiger partial charge in [0.2, 0.25) is 5.91 Å². The van der Waals surface area contributed by atoms with E-state index in [-0.39, 0.29) is 19.1 Å². The number of cyclic esters (lactones) is 1. The van der Waals surface area contributed by atoms with Crippen LogP contribution in [-0.2, 0) is 14.3 Å². The Morgan fingerprint density at radius 1 is 1.30 bits per heavy atom. The van der Waals surface area contributed by atoms with Crippen molar-refractivity contribution in [2.75, 3.05) is 33.4 Å². The second kappa shape index (κ2) is 7.69. The summed E-state index contributed by atoms with van der Waals surface area (Å²) in [6.07, 6.45) is 0. The van der Waals surface area contributed by atoms with Crippen LogP contribution in [0.2, 0.25) is 0 Å². The smallest absolute Gasteiger partial charge is 0.338 e. The van der Waals surface area contributed by atoms with Crippen molar-refractivity contribution in [3.8, 4) is 5.75 Å². The molecule has 1 aromatic rings. The highest BCUT2D eigenvalue weighted by Gasteiger charge is 2.43. The van der Waals surface area contributed by atoms with Crippen LogP contribution in [0, 0.1) is 0 Å². The number of rotatable bonds is 6. The lowest BCUT2D eigenvalue weighted by Gasteiger charge is -2.34. The minimum Gasteiger partial charge on any atom is -0.496 e. The van der Waals surface area contributed by atoms with E-state index < -0.39 is 18.0 Å². The number of benzene rings is 1. The molecule has 3 amide bonds. The molecule has 0 radical (unpaired) electrons. The van der Waals surface area contributed by atoms with Crippen LogP contribution in [0.25, 0.3) is 0 Å². The molecule has 0 saturated carbocycles. The van der Waals surface area contributed by atoms with Gasteiger partial charge in [-0.05, 0) is 19.9 Å². The van der Waals surface area contributed by atoms with Crippen LogP contribution in [0.5, 0.6) is 5.75 Å². The molecule has 3 rings (SSSR count). The molecular weight excluding hydrogens is 350 g/mol. The van der Waals surface area contributed by atoms with Crippen LogP contribution in [-0.4, -0.2) is 61.1 Å². The van der Waals surface area contributed by atoms with Gasteiger partial charge in [0.05, 0.1) is 24.4 Å². The van der Waals surface area contributed by atoms with Crippen molar-refractivity contribution in [3.63, 3.8) is 0 Å². The first kappa shape index (κ1) is 18.8. The fraction of sp³-hybridized carbons (Fsp3) is 0.421. The maximum Gasteiger partial charge on any atom is 0.338 e. The van der Waals surface area contributed by atoms with Crippen molar-refractivity contribution in [2.24, 2.45) is 0 Å². The Bertz CT molecular complexity index is 800. The van der Waals surface area contributed by atoms with E-state index in [9.17, 15) is 14.4 Å². The molecule has 2 aliphatic rings. The third-order valence-corrected chi connectivity index (χ3v) is 4.86. The van der Waals surface area contributed by atoms with E-state index in [1.807, 2.05) is 19.9 Å². The SMILES string of the molecule is CCN(CC)C(=O)CN1C(=O)NC(c2ccccc2OC)C2=C1COC2=O. The quantitative estimate of drug-likeness (QED) is 0.763. The predicted octanol–water partition coefficient (Wildman–Crippen LogP) is 1.44. The number of methoxy groups -OCH3 is 1. The van der Waals surface area contributed by atoms with Gasteiger partial charge >= 0.3 is 12.0 Å². The number of carbonyl (C=O) groups is 3. The van der Waals surface area contributed by atoms with E-state index in [1.54, 1.807) is 23.1 Å². The average Bonchev–Trinajstić information content (AvgIpc) is 3.06. The fourth-order valence-electron chi connectivity index (χ4n) is 3.43. The summed E-state index contributed by atoms with van der Waals surface area (Å²) in [7, 11) is 1.53. The number of urea groups is 1. The van der Waals surface area contributed by atoms with E-state index in [4.69, 9.17) is 9.47 Å². The molecule has 0 saturated heterocycles. The largest absolute Gasteiger partial charge is 0.496 e. The van der Waals surface area contributed by atoms with Crippen LogP contribution in [0.4, 0.5) is 4.79 Å². The van der Waals surface area contributed by atoms with Crippen LogP contribution < -0.4 is 10.1 Å². The fourth-order valence-corrected chi connectivity index (χ4v) is 3.43. The molecule has 0 spiro atoms. The van der Waals surface area contributed by atoms with Crippen molar-refractivity contribution in [3.05, 3.63) is 41.1 Å². The van der Waals surface area contributed by atoms with Gasteiger partial charge in [0.25, 0.3) is 0 Å². The summed E-state index contributed by atoms with van der Waals surface area (Å²) < 4.78 is 10.6. The van der Waals surface area contributed by atoms with Crippen LogP contribution in [0.1, 0.15) is 25.5 Å². The Balaban J connectivity index is 1.98. The number of esters is 1. The molecule has 1 unspecified atom stereocenters. The number of likely N-dealkylation sites (N-methyl/N-ethyl adjacent to an activating group) is 1. The second-order valence-electron chi connectivity index (χ2n) is 6.21. The normalized spacial score (nSPS) is 18.8. The monoisotopic (exact) mass is 373 g/mol. The third kappa shape index (κ3) is 3.34. The lowest BCUT2D eigenvalue weighted by molar-refractivity contribution is -0.136. The topological polar surface area (TPSA) is 88.2 Å². The Hall–Kier alpha value is -3.03. The van der Waals surface area contributed by atoms with Crippen molar-refractivity contribution >= 4 is 17.9 Å². The average molecular weight is 373 g/mol. The van der Waals surface area contributed by atoms with Crippen molar-refractivity contribution in [2.45, 2.75) is 19.9 Å². The molecule has 144 valence electrons. The van der Waals surface area contributed by atoms with Crippen LogP contribution in [0.15, 0.2) is 35.5 Å². The summed E-state index contributed by atoms with van der Waals surface area (Å²) in [5, 5.41) is 2.82. The van der Waals surface area contributed by atoms with Crippen molar-refractivity contribution < 1.29 is 23.9 Å². The number of nitrogens with zero attached hydrogens (tertiary/aromatic N) is 2. The van der Waals surface area contributed by atoms with Crippen molar-refractivity contribution in [1.29, 1.82) is 0 Å². The molecule has 0 aliphatic carbocycles. The Labute approximate surface area is 157 Å². The number of nitrogens with one attached hydrogen (secondary N) is 1. The molecule has 1 atom stereocenters. The van der Waals surface area contributed by atoms with Crippen molar-refractivity contribution in [1.82, 2.24) is 15.1 Å². The van der Waals surface area contributed by atoms with Gasteiger partial charge in [-0.3, -0.25) is 9.69 Å². The van der Waals surface area contributed by atoms with Gasteiger partial charge in [-0.1, -0.05) is 18.2 Å². The first-order chi connectivity index (χ1) is 13.0. The molecule has 2 heterocycles. The number of hydrogen-bond donors (Lipinski definition) is 1. The molecule has 27 heavy (non-hydrogen) atoms. The highest BCUT2D eigenvalue weighted by molar-refractivity contribution is 5.98. The highest BCUT2D eigenvalue weighted by atomic mass is 16.5. The third-order valence-electron chi connectivity index (χ3n) is 4.86. The Morgan fingerprint density at radius 2 is 2.00 bits per heavy atom. The summed E-state index contributed by atoms with van der Waals surface area (Å²) in [5.74, 6) is -0.125. The molecule has 0 fully saturated rings. The molecule has 1 aromatic carbocycles. The van der Waals surface area contributed by atoms with Gasteiger partial charge in [-0.2, -0.15) is 0 Å². The minimum absolute atomic E-state index is 0.0290. The zero-order chi connectivity index (χ0) is 19.6. The van der Waals surface area contributed by atoms with Gasteiger partial charge in [0, 0.05) is 18.7 Å². The number of amides is 3. The van der Waals surface area contributed by atoms with E-state index in [1.165, 1.54) is 12.0 Å². The Kier molecular flexibility index (Phi) is 5.34. The van der Waals surface area contributed by atoms with Gasteiger partial charge < -0.3 is 19.7 Å². The minimum atomic E-state index is -0.682. The summed E-state index contributed by atoms with van der Waals surface area (Å²) >= 11 is 0. The van der Waals surface area contributed by atoms with E-state index in [0.29, 0.717) is 35.7 Å². The summed E-state index contributed by atoms with van der Waals surface area (Å²) in [6.45, 7) is 4.69. The van der Waals surface area contributed by atoms with Gasteiger partial charge in [-0.15, -0.1) is 0 Å². The maximum absolute atomic E-state index is 12.8. The number of para-hydroxylation sites is 1. The molecule has 1 N–H and O–H groups in total. The second-order valence-corrected chi connectivity index (χ2v) is 6.21. The number of ether oxygens (including phenoxy) is 2. The zero-order valence-electron chi connectivity index (χ0n) is 15.7. The molecule has 8 nitrogen and oxygen atoms in total. The molecule has 2 aliphatic heterocycles. The summed E-state index contributed by atoms with van der Waals surface area (Å²) in [6, 6.07) is 6.04. The number of hydrogen-bond acceptors (Lipinski definition) is 5. The standard InChI is InChI=1S/C19H23N3O5/c1-4-21(5-2)15(23)10-22-13-11-27-18(24)16(13)17(20-19(22)25)12-8-6-7-9-14(12)26-3/h6-9,17H,4-5,10-11H2,1-3H3,(H,20,25). The van der Waals surface area contributed by atoms with E-state index in [0.717, 1.165) is 0 Å². The first-order valence-corrected chi connectivity index (χ1v) is 8.90. The lowest BCUT2D eigenvalue weighted by Crippen LogP contribution is -2.51. The molecule has 0 aromatic heterocycles. The van der Waals surface area contributed by atoms with Gasteiger partial charge in [-0.25, -0.2) is 9.59 Å².